The molecule has 0 aromatic carbocycles. The zero-order valence-corrected chi connectivity index (χ0v) is 4.78. The predicted molar refractivity (Wildman–Crippen MR) is 32.4 cm³/mol. The molecule has 1 aromatic rings. The number of nitrogen functional groups attached to an aromatic ring is 1. The first kappa shape index (κ1) is 5.97. The van der Waals surface area contributed by atoms with Crippen LogP contribution in [-0.2, 0) is 6.61 Å². The molecule has 0 radical (unpaired) electrons. The van der Waals surface area contributed by atoms with Gasteiger partial charge in [0.15, 0.2) is 5.82 Å². The predicted octanol–water partition coefficient (Wildman–Crippen LogP) is -0.449. The molecule has 4 heteroatoms. The second kappa shape index (κ2) is 2.41. The third kappa shape index (κ3) is 1.14. The lowest BCUT2D eigenvalue weighted by atomic mass is 10.3. The lowest BCUT2D eigenvalue weighted by Crippen LogP contribution is -1.98. The Morgan fingerprint density at radius 3 is 2.89 bits per heavy atom. The Balaban J connectivity index is 3.01. The van der Waals surface area contributed by atoms with Crippen LogP contribution in [0.4, 0.5) is 5.82 Å². The monoisotopic (exact) mass is 125 g/mol. The summed E-state index contributed by atoms with van der Waals surface area (Å²) in [4.78, 5) is 0. The van der Waals surface area contributed by atoms with Crippen LogP contribution in [0.5, 0.6) is 0 Å². The fraction of sp³-hybridized carbons (Fsp3) is 0.200. The number of rotatable bonds is 1. The number of anilines is 1. The van der Waals surface area contributed by atoms with Gasteiger partial charge in [0, 0.05) is 5.56 Å². The van der Waals surface area contributed by atoms with Crippen LogP contribution in [0.25, 0.3) is 0 Å². The third-order valence-corrected chi connectivity index (χ3v) is 1.01. The van der Waals surface area contributed by atoms with E-state index in [1.165, 1.54) is 6.20 Å². The summed E-state index contributed by atoms with van der Waals surface area (Å²) in [5.41, 5.74) is 5.91. The second-order valence-electron chi connectivity index (χ2n) is 1.60. The highest BCUT2D eigenvalue weighted by Crippen LogP contribution is 2.02. The summed E-state index contributed by atoms with van der Waals surface area (Å²) in [7, 11) is 0. The highest BCUT2D eigenvalue weighted by Gasteiger charge is 1.94. The number of aliphatic hydroxyl groups excluding tert-OH is 1. The molecule has 1 aromatic heterocycles. The molecule has 3 N–H and O–H groups in total. The van der Waals surface area contributed by atoms with E-state index in [2.05, 4.69) is 10.2 Å². The summed E-state index contributed by atoms with van der Waals surface area (Å²) >= 11 is 0. The van der Waals surface area contributed by atoms with Crippen LogP contribution in [0.2, 0.25) is 0 Å². The van der Waals surface area contributed by atoms with Crippen LogP contribution in [0.1, 0.15) is 5.56 Å². The van der Waals surface area contributed by atoms with Gasteiger partial charge in [0.2, 0.25) is 0 Å². The SMILES string of the molecule is Nc1nnccc1CO. The molecule has 0 atom stereocenters. The van der Waals surface area contributed by atoms with E-state index in [1.54, 1.807) is 6.07 Å². The minimum absolute atomic E-state index is 0.0820. The third-order valence-electron chi connectivity index (χ3n) is 1.01. The maximum atomic E-state index is 8.57. The van der Waals surface area contributed by atoms with Crippen molar-refractivity contribution in [2.24, 2.45) is 0 Å². The van der Waals surface area contributed by atoms with E-state index >= 15 is 0 Å². The van der Waals surface area contributed by atoms with Gasteiger partial charge in [-0.1, -0.05) is 0 Å². The molecule has 48 valence electrons. The van der Waals surface area contributed by atoms with Gasteiger partial charge >= 0.3 is 0 Å². The minimum Gasteiger partial charge on any atom is -0.392 e. The van der Waals surface area contributed by atoms with Crippen molar-refractivity contribution < 1.29 is 5.11 Å². The van der Waals surface area contributed by atoms with Gasteiger partial charge in [-0.2, -0.15) is 5.10 Å². The van der Waals surface area contributed by atoms with E-state index in [9.17, 15) is 0 Å². The zero-order valence-electron chi connectivity index (χ0n) is 4.78. The molecule has 0 saturated carbocycles. The van der Waals surface area contributed by atoms with Crippen LogP contribution < -0.4 is 5.73 Å². The van der Waals surface area contributed by atoms with Crippen LogP contribution >= 0.6 is 0 Å². The van der Waals surface area contributed by atoms with E-state index in [4.69, 9.17) is 10.8 Å². The summed E-state index contributed by atoms with van der Waals surface area (Å²) in [5.74, 6) is 0.292. The standard InChI is InChI=1S/C5H7N3O/c6-5-4(3-9)1-2-7-8-5/h1-2,9H,3H2,(H2,6,8). The van der Waals surface area contributed by atoms with Gasteiger partial charge in [0.1, 0.15) is 0 Å². The fourth-order valence-electron chi connectivity index (χ4n) is 0.502. The van der Waals surface area contributed by atoms with Crippen LogP contribution in [0.3, 0.4) is 0 Å². The molecular formula is C5H7N3O. The van der Waals surface area contributed by atoms with E-state index in [1.807, 2.05) is 0 Å². The van der Waals surface area contributed by atoms with Gasteiger partial charge < -0.3 is 10.8 Å². The molecular weight excluding hydrogens is 118 g/mol. The largest absolute Gasteiger partial charge is 0.392 e. The molecule has 0 amide bonds. The van der Waals surface area contributed by atoms with Crippen molar-refractivity contribution in [3.8, 4) is 0 Å². The molecule has 0 fully saturated rings. The molecule has 4 nitrogen and oxygen atoms in total. The summed E-state index contributed by atoms with van der Waals surface area (Å²) in [5, 5.41) is 15.6. The Hall–Kier alpha value is -1.16. The van der Waals surface area contributed by atoms with Gasteiger partial charge in [-0.05, 0) is 6.07 Å². The molecule has 0 aliphatic carbocycles. The number of nitrogens with two attached hydrogens (primary N) is 1. The Morgan fingerprint density at radius 2 is 2.44 bits per heavy atom. The molecule has 0 unspecified atom stereocenters. The van der Waals surface area contributed by atoms with Crippen molar-refractivity contribution in [3.05, 3.63) is 17.8 Å². The first-order chi connectivity index (χ1) is 4.34. The Kier molecular flexibility index (Phi) is 1.60. The first-order valence-electron chi connectivity index (χ1n) is 2.51. The lowest BCUT2D eigenvalue weighted by Gasteiger charge is -1.95. The molecule has 1 heterocycles. The fourth-order valence-corrected chi connectivity index (χ4v) is 0.502. The number of aliphatic hydroxyl groups is 1. The Morgan fingerprint density at radius 1 is 1.67 bits per heavy atom. The van der Waals surface area contributed by atoms with Crippen molar-refractivity contribution >= 4 is 5.82 Å². The van der Waals surface area contributed by atoms with Gasteiger partial charge in [-0.15, -0.1) is 5.10 Å². The zero-order chi connectivity index (χ0) is 6.69. The first-order valence-corrected chi connectivity index (χ1v) is 2.51. The average molecular weight is 125 g/mol. The van der Waals surface area contributed by atoms with E-state index in [0.717, 1.165) is 0 Å². The van der Waals surface area contributed by atoms with E-state index in [-0.39, 0.29) is 6.61 Å². The summed E-state index contributed by atoms with van der Waals surface area (Å²) in [6, 6.07) is 1.63. The molecule has 0 bridgehead atoms. The molecule has 0 saturated heterocycles. The molecule has 0 spiro atoms. The van der Waals surface area contributed by atoms with Crippen molar-refractivity contribution in [1.29, 1.82) is 0 Å². The molecule has 9 heavy (non-hydrogen) atoms. The molecule has 1 rings (SSSR count). The number of nitrogens with zero attached hydrogens (tertiary/aromatic N) is 2. The molecule has 0 aliphatic heterocycles. The lowest BCUT2D eigenvalue weighted by molar-refractivity contribution is 0.282. The number of aromatic nitrogens is 2. The van der Waals surface area contributed by atoms with Crippen LogP contribution in [0, 0.1) is 0 Å². The van der Waals surface area contributed by atoms with E-state index < -0.39 is 0 Å². The molecule has 0 aliphatic rings. The topological polar surface area (TPSA) is 72.0 Å². The average Bonchev–Trinajstić information content (AvgIpc) is 1.89. The van der Waals surface area contributed by atoms with Gasteiger partial charge in [-0.3, -0.25) is 0 Å². The van der Waals surface area contributed by atoms with Crippen molar-refractivity contribution in [2.75, 3.05) is 5.73 Å². The van der Waals surface area contributed by atoms with Crippen molar-refractivity contribution in [1.82, 2.24) is 10.2 Å². The Bertz CT molecular complexity index is 201. The second-order valence-corrected chi connectivity index (χ2v) is 1.60. The van der Waals surface area contributed by atoms with Crippen LogP contribution in [0.15, 0.2) is 12.3 Å². The maximum absolute atomic E-state index is 8.57. The number of hydrogen-bond donors (Lipinski definition) is 2. The van der Waals surface area contributed by atoms with Crippen molar-refractivity contribution in [2.45, 2.75) is 6.61 Å². The number of hydrogen-bond acceptors (Lipinski definition) is 4. The minimum atomic E-state index is -0.0820. The normalized spacial score (nSPS) is 9.44. The summed E-state index contributed by atoms with van der Waals surface area (Å²) < 4.78 is 0. The van der Waals surface area contributed by atoms with Crippen molar-refractivity contribution in [3.63, 3.8) is 0 Å². The summed E-state index contributed by atoms with van der Waals surface area (Å²) in [6.45, 7) is -0.0820. The smallest absolute Gasteiger partial charge is 0.151 e. The highest BCUT2D eigenvalue weighted by atomic mass is 16.3. The quantitative estimate of drug-likeness (QED) is 0.533. The van der Waals surface area contributed by atoms with Gasteiger partial charge in [0.05, 0.1) is 12.8 Å². The highest BCUT2D eigenvalue weighted by molar-refractivity contribution is 5.35. The van der Waals surface area contributed by atoms with Gasteiger partial charge in [0.25, 0.3) is 0 Å². The van der Waals surface area contributed by atoms with E-state index in [0.29, 0.717) is 11.4 Å². The summed E-state index contributed by atoms with van der Waals surface area (Å²) in [6.07, 6.45) is 1.49. The van der Waals surface area contributed by atoms with Gasteiger partial charge in [-0.25, -0.2) is 0 Å². The Labute approximate surface area is 52.3 Å². The maximum Gasteiger partial charge on any atom is 0.151 e. The van der Waals surface area contributed by atoms with Crippen LogP contribution in [-0.4, -0.2) is 15.3 Å².